The van der Waals surface area contributed by atoms with E-state index in [1.54, 1.807) is 0 Å². The van der Waals surface area contributed by atoms with Crippen LogP contribution in [0.1, 0.15) is 0 Å². The summed E-state index contributed by atoms with van der Waals surface area (Å²) in [7, 11) is 0. The number of benzene rings is 8. The molecule has 0 bridgehead atoms. The van der Waals surface area contributed by atoms with Gasteiger partial charge in [-0.3, -0.25) is 0 Å². The molecule has 0 aliphatic carbocycles. The molecular formula is C46H29NS2. The number of hydrogen-bond acceptors (Lipinski definition) is 3. The zero-order valence-corrected chi connectivity index (χ0v) is 28.1. The van der Waals surface area contributed by atoms with Gasteiger partial charge in [-0.25, -0.2) is 0 Å². The normalized spacial score (nSPS) is 11.7. The van der Waals surface area contributed by atoms with Crippen LogP contribution in [-0.4, -0.2) is 0 Å². The smallest absolute Gasteiger partial charge is 0.0476 e. The van der Waals surface area contributed by atoms with Crippen molar-refractivity contribution >= 4 is 90.9 Å². The minimum absolute atomic E-state index is 1.13. The summed E-state index contributed by atoms with van der Waals surface area (Å²) < 4.78 is 5.24. The molecule has 0 saturated heterocycles. The maximum Gasteiger partial charge on any atom is 0.0476 e. The van der Waals surface area contributed by atoms with Crippen LogP contribution in [0, 0.1) is 0 Å². The van der Waals surface area contributed by atoms with E-state index in [1.165, 1.54) is 73.4 Å². The molecule has 8 aromatic carbocycles. The van der Waals surface area contributed by atoms with Crippen LogP contribution < -0.4 is 4.90 Å². The lowest BCUT2D eigenvalue weighted by molar-refractivity contribution is 1.30. The molecule has 49 heavy (non-hydrogen) atoms. The SMILES string of the molecule is c1ccc(-c2ccc(-c3ccc(N(c4ccc5c(c4)sc4ccccc45)c4ccc5c(c4)sc4ccccc45)cc3)c3ccccc23)cc1. The molecular weight excluding hydrogens is 631 g/mol. The number of anilines is 3. The second-order valence-corrected chi connectivity index (χ2v) is 14.7. The first kappa shape index (κ1) is 28.3. The minimum atomic E-state index is 1.13. The molecule has 0 aliphatic rings. The highest BCUT2D eigenvalue weighted by molar-refractivity contribution is 7.26. The molecule has 0 amide bonds. The van der Waals surface area contributed by atoms with Crippen molar-refractivity contribution in [3.63, 3.8) is 0 Å². The van der Waals surface area contributed by atoms with E-state index in [-0.39, 0.29) is 0 Å². The van der Waals surface area contributed by atoms with Gasteiger partial charge in [-0.15, -0.1) is 22.7 Å². The summed E-state index contributed by atoms with van der Waals surface area (Å²) in [6, 6.07) is 64.4. The second-order valence-electron chi connectivity index (χ2n) is 12.5. The quantitative estimate of drug-likeness (QED) is 0.178. The van der Waals surface area contributed by atoms with Gasteiger partial charge in [0.05, 0.1) is 0 Å². The topological polar surface area (TPSA) is 3.24 Å². The fraction of sp³-hybridized carbons (Fsp3) is 0. The van der Waals surface area contributed by atoms with Crippen LogP contribution in [0.25, 0.3) is 73.4 Å². The zero-order valence-electron chi connectivity index (χ0n) is 26.5. The number of rotatable bonds is 5. The largest absolute Gasteiger partial charge is 0.310 e. The maximum atomic E-state index is 2.41. The summed E-state index contributed by atoms with van der Waals surface area (Å²) in [4.78, 5) is 2.41. The predicted octanol–water partition coefficient (Wildman–Crippen LogP) is 14.4. The Labute approximate surface area is 292 Å². The van der Waals surface area contributed by atoms with Gasteiger partial charge in [0.25, 0.3) is 0 Å². The van der Waals surface area contributed by atoms with Crippen molar-refractivity contribution in [2.45, 2.75) is 0 Å². The first-order valence-electron chi connectivity index (χ1n) is 16.6. The molecule has 10 rings (SSSR count). The zero-order chi connectivity index (χ0) is 32.3. The Kier molecular flexibility index (Phi) is 6.61. The van der Waals surface area contributed by atoms with Crippen molar-refractivity contribution in [2.24, 2.45) is 0 Å². The van der Waals surface area contributed by atoms with E-state index < -0.39 is 0 Å². The summed E-state index contributed by atoms with van der Waals surface area (Å²) in [5.41, 5.74) is 8.40. The van der Waals surface area contributed by atoms with Crippen molar-refractivity contribution in [2.75, 3.05) is 4.90 Å². The Bertz CT molecular complexity index is 2710. The molecule has 230 valence electrons. The fourth-order valence-corrected chi connectivity index (χ4v) is 9.64. The maximum absolute atomic E-state index is 2.41. The van der Waals surface area contributed by atoms with E-state index in [1.807, 2.05) is 22.7 Å². The number of fused-ring (bicyclic) bond motifs is 7. The Hall–Kier alpha value is -5.74. The third-order valence-electron chi connectivity index (χ3n) is 9.69. The third kappa shape index (κ3) is 4.74. The molecule has 10 aromatic rings. The van der Waals surface area contributed by atoms with Crippen molar-refractivity contribution in [3.8, 4) is 22.3 Å². The average molecular weight is 660 g/mol. The van der Waals surface area contributed by atoms with Crippen LogP contribution >= 0.6 is 22.7 Å². The number of hydrogen-bond donors (Lipinski definition) is 0. The van der Waals surface area contributed by atoms with Gasteiger partial charge in [-0.2, -0.15) is 0 Å². The molecule has 2 aromatic heterocycles. The van der Waals surface area contributed by atoms with Gasteiger partial charge < -0.3 is 4.90 Å². The van der Waals surface area contributed by atoms with Gasteiger partial charge in [-0.05, 0) is 81.6 Å². The molecule has 0 radical (unpaired) electrons. The molecule has 0 atom stereocenters. The Morgan fingerprint density at radius 2 is 0.694 bits per heavy atom. The summed E-state index contributed by atoms with van der Waals surface area (Å²) in [5.74, 6) is 0. The molecule has 2 heterocycles. The fourth-order valence-electron chi connectivity index (χ4n) is 7.36. The van der Waals surface area contributed by atoms with E-state index in [4.69, 9.17) is 0 Å². The number of nitrogens with zero attached hydrogens (tertiary/aromatic N) is 1. The van der Waals surface area contributed by atoms with E-state index in [2.05, 4.69) is 181 Å². The van der Waals surface area contributed by atoms with Gasteiger partial charge in [0, 0.05) is 57.4 Å². The van der Waals surface area contributed by atoms with Crippen LogP contribution in [0.3, 0.4) is 0 Å². The summed E-state index contributed by atoms with van der Waals surface area (Å²) in [5, 5.41) is 7.80. The predicted molar refractivity (Wildman–Crippen MR) is 215 cm³/mol. The highest BCUT2D eigenvalue weighted by Crippen LogP contribution is 2.44. The molecule has 0 saturated carbocycles. The summed E-state index contributed by atoms with van der Waals surface area (Å²) >= 11 is 3.73. The third-order valence-corrected chi connectivity index (χ3v) is 12.0. The van der Waals surface area contributed by atoms with E-state index >= 15 is 0 Å². The molecule has 1 nitrogen and oxygen atoms in total. The van der Waals surface area contributed by atoms with Crippen molar-refractivity contribution in [3.05, 3.63) is 176 Å². The van der Waals surface area contributed by atoms with Gasteiger partial charge in [0.15, 0.2) is 0 Å². The van der Waals surface area contributed by atoms with Crippen LogP contribution in [0.2, 0.25) is 0 Å². The highest BCUT2D eigenvalue weighted by Gasteiger charge is 2.17. The lowest BCUT2D eigenvalue weighted by Gasteiger charge is -2.26. The molecule has 0 N–H and O–H groups in total. The first-order chi connectivity index (χ1) is 24.3. The van der Waals surface area contributed by atoms with Gasteiger partial charge in [0.1, 0.15) is 0 Å². The van der Waals surface area contributed by atoms with E-state index in [0.29, 0.717) is 0 Å². The molecule has 0 spiro atoms. The Morgan fingerprint density at radius 1 is 0.286 bits per heavy atom. The van der Waals surface area contributed by atoms with Crippen LogP contribution in [0.4, 0.5) is 17.1 Å². The Morgan fingerprint density at radius 3 is 1.22 bits per heavy atom. The van der Waals surface area contributed by atoms with Crippen molar-refractivity contribution < 1.29 is 0 Å². The van der Waals surface area contributed by atoms with Crippen molar-refractivity contribution in [1.82, 2.24) is 0 Å². The molecule has 3 heteroatoms. The lowest BCUT2D eigenvalue weighted by atomic mass is 9.92. The Balaban J connectivity index is 1.12. The monoisotopic (exact) mass is 659 g/mol. The minimum Gasteiger partial charge on any atom is -0.310 e. The van der Waals surface area contributed by atoms with Gasteiger partial charge in [0.2, 0.25) is 0 Å². The first-order valence-corrected chi connectivity index (χ1v) is 18.2. The van der Waals surface area contributed by atoms with Crippen molar-refractivity contribution in [1.29, 1.82) is 0 Å². The van der Waals surface area contributed by atoms with Gasteiger partial charge in [-0.1, -0.05) is 127 Å². The van der Waals surface area contributed by atoms with Crippen LogP contribution in [0.15, 0.2) is 176 Å². The lowest BCUT2D eigenvalue weighted by Crippen LogP contribution is -2.09. The second kappa shape index (κ2) is 11.5. The average Bonchev–Trinajstić information content (AvgIpc) is 3.73. The van der Waals surface area contributed by atoms with E-state index in [9.17, 15) is 0 Å². The van der Waals surface area contributed by atoms with E-state index in [0.717, 1.165) is 17.1 Å². The highest BCUT2D eigenvalue weighted by atomic mass is 32.1. The molecule has 0 unspecified atom stereocenters. The molecule has 0 fully saturated rings. The summed E-state index contributed by atoms with van der Waals surface area (Å²) in [6.45, 7) is 0. The standard InChI is InChI=1S/C46H29NS2/c1-2-10-30(11-3-1)35-26-27-36(38-13-5-4-12-37(35)38)31-18-20-32(21-19-31)47(33-22-24-41-39-14-6-8-16-43(39)48-45(41)28-33)34-23-25-42-40-15-7-9-17-44(40)49-46(42)29-34/h1-29H. The number of thiophene rings is 2. The van der Waals surface area contributed by atoms with Gasteiger partial charge >= 0.3 is 0 Å². The van der Waals surface area contributed by atoms with Crippen LogP contribution in [0.5, 0.6) is 0 Å². The molecule has 0 aliphatic heterocycles. The van der Waals surface area contributed by atoms with Crippen LogP contribution in [-0.2, 0) is 0 Å². The summed E-state index contributed by atoms with van der Waals surface area (Å²) in [6.07, 6.45) is 0.